The molecule has 2 rings (SSSR count). The highest BCUT2D eigenvalue weighted by atomic mass is 19.1. The Labute approximate surface area is 106 Å². The lowest BCUT2D eigenvalue weighted by atomic mass is 10.1. The summed E-state index contributed by atoms with van der Waals surface area (Å²) in [5, 5.41) is 8.68. The molecule has 96 valence electrons. The van der Waals surface area contributed by atoms with Crippen molar-refractivity contribution >= 4 is 0 Å². The monoisotopic (exact) mass is 249 g/mol. The second-order valence-corrected chi connectivity index (χ2v) is 4.38. The van der Waals surface area contributed by atoms with Crippen molar-refractivity contribution in [1.82, 2.24) is 4.90 Å². The maximum atomic E-state index is 13.7. The third-order valence-electron chi connectivity index (χ3n) is 3.06. The van der Waals surface area contributed by atoms with Crippen LogP contribution >= 0.6 is 0 Å². The first kappa shape index (κ1) is 13.0. The first-order valence-electron chi connectivity index (χ1n) is 5.95. The van der Waals surface area contributed by atoms with Crippen LogP contribution in [0.5, 0.6) is 0 Å². The van der Waals surface area contributed by atoms with E-state index in [-0.39, 0.29) is 11.9 Å². The number of nitrogens with zero attached hydrogens (tertiary/aromatic N) is 2. The van der Waals surface area contributed by atoms with Crippen LogP contribution in [0.4, 0.5) is 4.39 Å². The molecule has 2 N–H and O–H groups in total. The summed E-state index contributed by atoms with van der Waals surface area (Å²) in [5.74, 6) is -0.329. The maximum Gasteiger partial charge on any atom is 0.129 e. The van der Waals surface area contributed by atoms with Gasteiger partial charge in [0.1, 0.15) is 5.82 Å². The Balaban J connectivity index is 2.03. The largest absolute Gasteiger partial charge is 0.374 e. The summed E-state index contributed by atoms with van der Waals surface area (Å²) < 4.78 is 19.2. The second kappa shape index (κ2) is 5.91. The molecule has 1 saturated heterocycles. The second-order valence-electron chi connectivity index (χ2n) is 4.38. The minimum atomic E-state index is -0.329. The number of benzene rings is 1. The number of halogens is 1. The summed E-state index contributed by atoms with van der Waals surface area (Å²) in [4.78, 5) is 2.12. The standard InChI is InChI=1S/C13H16FN3O/c14-13-5-10(6-15)1-2-11(13)8-17-3-4-18-12(7-16)9-17/h1-2,5,12H,3-4,7-9,16H2. The average Bonchev–Trinajstić information content (AvgIpc) is 2.41. The number of rotatable bonds is 3. The van der Waals surface area contributed by atoms with E-state index in [0.717, 1.165) is 13.1 Å². The van der Waals surface area contributed by atoms with Gasteiger partial charge in [-0.3, -0.25) is 4.90 Å². The highest BCUT2D eigenvalue weighted by molar-refractivity contribution is 5.32. The topological polar surface area (TPSA) is 62.3 Å². The third kappa shape index (κ3) is 3.05. The molecule has 4 nitrogen and oxygen atoms in total. The van der Waals surface area contributed by atoms with Gasteiger partial charge in [0.2, 0.25) is 0 Å². The van der Waals surface area contributed by atoms with Gasteiger partial charge in [-0.15, -0.1) is 0 Å². The normalized spacial score (nSPS) is 20.6. The molecule has 0 spiro atoms. The van der Waals surface area contributed by atoms with Crippen LogP contribution in [0.15, 0.2) is 18.2 Å². The molecule has 0 amide bonds. The Morgan fingerprint density at radius 2 is 2.39 bits per heavy atom. The average molecular weight is 249 g/mol. The molecule has 1 aromatic rings. The van der Waals surface area contributed by atoms with Gasteiger partial charge in [0, 0.05) is 31.7 Å². The highest BCUT2D eigenvalue weighted by Gasteiger charge is 2.20. The van der Waals surface area contributed by atoms with Crippen molar-refractivity contribution in [2.45, 2.75) is 12.6 Å². The van der Waals surface area contributed by atoms with Crippen molar-refractivity contribution in [1.29, 1.82) is 5.26 Å². The lowest BCUT2D eigenvalue weighted by Gasteiger charge is -2.32. The molecule has 0 saturated carbocycles. The van der Waals surface area contributed by atoms with Crippen LogP contribution in [0, 0.1) is 17.1 Å². The van der Waals surface area contributed by atoms with E-state index in [1.807, 2.05) is 6.07 Å². The number of hydrogen-bond donors (Lipinski definition) is 1. The van der Waals surface area contributed by atoms with Gasteiger partial charge in [-0.25, -0.2) is 4.39 Å². The fourth-order valence-electron chi connectivity index (χ4n) is 2.05. The first-order chi connectivity index (χ1) is 8.72. The zero-order valence-electron chi connectivity index (χ0n) is 10.1. The van der Waals surface area contributed by atoms with Crippen LogP contribution in [-0.4, -0.2) is 37.2 Å². The molecular formula is C13H16FN3O. The number of nitrogens with two attached hydrogens (primary N) is 1. The molecule has 1 atom stereocenters. The Hall–Kier alpha value is -1.48. The van der Waals surface area contributed by atoms with Crippen molar-refractivity contribution in [2.75, 3.05) is 26.2 Å². The zero-order valence-corrected chi connectivity index (χ0v) is 10.1. The predicted molar refractivity (Wildman–Crippen MR) is 65.2 cm³/mol. The van der Waals surface area contributed by atoms with E-state index in [1.54, 1.807) is 12.1 Å². The zero-order chi connectivity index (χ0) is 13.0. The molecule has 18 heavy (non-hydrogen) atoms. The van der Waals surface area contributed by atoms with E-state index in [1.165, 1.54) is 6.07 Å². The van der Waals surface area contributed by atoms with E-state index in [0.29, 0.717) is 30.8 Å². The Kier molecular flexibility index (Phi) is 4.26. The smallest absolute Gasteiger partial charge is 0.129 e. The molecule has 1 heterocycles. The van der Waals surface area contributed by atoms with Gasteiger partial charge in [-0.2, -0.15) is 5.26 Å². The van der Waals surface area contributed by atoms with Crippen LogP contribution in [-0.2, 0) is 11.3 Å². The van der Waals surface area contributed by atoms with Crippen molar-refractivity contribution < 1.29 is 9.13 Å². The molecule has 0 bridgehead atoms. The van der Waals surface area contributed by atoms with Crippen LogP contribution < -0.4 is 5.73 Å². The van der Waals surface area contributed by atoms with Gasteiger partial charge in [0.25, 0.3) is 0 Å². The molecule has 1 aliphatic heterocycles. The lowest BCUT2D eigenvalue weighted by Crippen LogP contribution is -2.45. The van der Waals surface area contributed by atoms with Crippen molar-refractivity contribution in [3.63, 3.8) is 0 Å². The molecule has 0 radical (unpaired) electrons. The maximum absolute atomic E-state index is 13.7. The molecule has 0 aromatic heterocycles. The number of morpholine rings is 1. The summed E-state index contributed by atoms with van der Waals surface area (Å²) in [6, 6.07) is 6.50. The van der Waals surface area contributed by atoms with Gasteiger partial charge >= 0.3 is 0 Å². The minimum absolute atomic E-state index is 0.0280. The van der Waals surface area contributed by atoms with E-state index >= 15 is 0 Å². The third-order valence-corrected chi connectivity index (χ3v) is 3.06. The summed E-state index contributed by atoms with van der Waals surface area (Å²) in [6.07, 6.45) is 0.0280. The SMILES string of the molecule is N#Cc1ccc(CN2CCOC(CN)C2)c(F)c1. The lowest BCUT2D eigenvalue weighted by molar-refractivity contribution is -0.0263. The molecule has 1 unspecified atom stereocenters. The molecule has 1 fully saturated rings. The summed E-state index contributed by atoms with van der Waals surface area (Å²) in [6.45, 7) is 3.12. The summed E-state index contributed by atoms with van der Waals surface area (Å²) in [5.41, 5.74) is 6.51. The van der Waals surface area contributed by atoms with E-state index in [4.69, 9.17) is 15.7 Å². The Bertz CT molecular complexity index is 458. The van der Waals surface area contributed by atoms with Crippen LogP contribution in [0.2, 0.25) is 0 Å². The van der Waals surface area contributed by atoms with Crippen LogP contribution in [0.25, 0.3) is 0 Å². The quantitative estimate of drug-likeness (QED) is 0.863. The Morgan fingerprint density at radius 3 is 3.06 bits per heavy atom. The molecule has 5 heteroatoms. The van der Waals surface area contributed by atoms with E-state index in [9.17, 15) is 4.39 Å². The van der Waals surface area contributed by atoms with Crippen LogP contribution in [0.3, 0.4) is 0 Å². The number of ether oxygens (including phenoxy) is 1. The molecular weight excluding hydrogens is 233 g/mol. The van der Waals surface area contributed by atoms with Gasteiger partial charge in [-0.05, 0) is 12.1 Å². The van der Waals surface area contributed by atoms with Gasteiger partial charge in [0.15, 0.2) is 0 Å². The fourth-order valence-corrected chi connectivity index (χ4v) is 2.05. The minimum Gasteiger partial charge on any atom is -0.374 e. The summed E-state index contributed by atoms with van der Waals surface area (Å²) >= 11 is 0. The van der Waals surface area contributed by atoms with Gasteiger partial charge in [-0.1, -0.05) is 6.07 Å². The highest BCUT2D eigenvalue weighted by Crippen LogP contribution is 2.14. The van der Waals surface area contributed by atoms with E-state index in [2.05, 4.69) is 4.90 Å². The van der Waals surface area contributed by atoms with E-state index < -0.39 is 0 Å². The number of hydrogen-bond acceptors (Lipinski definition) is 4. The van der Waals surface area contributed by atoms with Crippen LogP contribution in [0.1, 0.15) is 11.1 Å². The molecule has 1 aliphatic rings. The van der Waals surface area contributed by atoms with Crippen molar-refractivity contribution in [3.05, 3.63) is 35.1 Å². The fraction of sp³-hybridized carbons (Fsp3) is 0.462. The first-order valence-corrected chi connectivity index (χ1v) is 5.95. The van der Waals surface area contributed by atoms with Gasteiger partial charge in [0.05, 0.1) is 24.3 Å². The van der Waals surface area contributed by atoms with Gasteiger partial charge < -0.3 is 10.5 Å². The van der Waals surface area contributed by atoms with Crippen molar-refractivity contribution in [3.8, 4) is 6.07 Å². The molecule has 1 aromatic carbocycles. The van der Waals surface area contributed by atoms with Crippen molar-refractivity contribution in [2.24, 2.45) is 5.73 Å². The molecule has 0 aliphatic carbocycles. The summed E-state index contributed by atoms with van der Waals surface area (Å²) in [7, 11) is 0. The number of nitriles is 1. The predicted octanol–water partition coefficient (Wildman–Crippen LogP) is 0.857. The Morgan fingerprint density at radius 1 is 1.56 bits per heavy atom.